The van der Waals surface area contributed by atoms with E-state index in [1.165, 1.54) is 26.4 Å². The highest BCUT2D eigenvalue weighted by Gasteiger charge is 2.43. The molecule has 1 aliphatic heterocycles. The number of carbonyl (C=O) groups excluding carboxylic acids is 4. The summed E-state index contributed by atoms with van der Waals surface area (Å²) in [5.41, 5.74) is 0.793. The van der Waals surface area contributed by atoms with Gasteiger partial charge in [0.1, 0.15) is 5.88 Å². The Morgan fingerprint density at radius 1 is 1.09 bits per heavy atom. The number of rotatable bonds is 9. The number of ether oxygens (including phenoxy) is 3. The molecule has 0 bridgehead atoms. The van der Waals surface area contributed by atoms with Gasteiger partial charge in [-0.2, -0.15) is 0 Å². The van der Waals surface area contributed by atoms with Gasteiger partial charge in [-0.1, -0.05) is 12.1 Å². The zero-order valence-electron chi connectivity index (χ0n) is 18.3. The molecule has 9 nitrogen and oxygen atoms in total. The summed E-state index contributed by atoms with van der Waals surface area (Å²) < 4.78 is 15.7. The van der Waals surface area contributed by atoms with Crippen molar-refractivity contribution in [3.8, 4) is 11.5 Å². The predicted molar refractivity (Wildman–Crippen MR) is 120 cm³/mol. The molecular weight excluding hydrogens is 452 g/mol. The normalized spacial score (nSPS) is 13.4. The first kappa shape index (κ1) is 24.1. The highest BCUT2D eigenvalue weighted by Crippen LogP contribution is 2.39. The number of nitrogens with one attached hydrogen (secondary N) is 1. The Kier molecular flexibility index (Phi) is 7.55. The van der Waals surface area contributed by atoms with Crippen molar-refractivity contribution in [2.75, 3.05) is 32.0 Å². The number of esters is 1. The standard InChI is InChI=1S/C23H23ClN2O7/c1-4-33-18-10-13(8-9-17(18)31-2)16(11-20(28)32-3)26-22(29)14-6-5-7-15(21(14)23(26)30)25-19(27)12-24/h5-10,16H,4,11-12H2,1-3H3,(H,25,27). The first-order chi connectivity index (χ1) is 15.9. The number of amides is 3. The molecule has 0 saturated heterocycles. The van der Waals surface area contributed by atoms with Crippen LogP contribution < -0.4 is 14.8 Å². The quantitative estimate of drug-likeness (QED) is 0.337. The van der Waals surface area contributed by atoms with Crippen LogP contribution in [0.3, 0.4) is 0 Å². The minimum atomic E-state index is -0.980. The van der Waals surface area contributed by atoms with Gasteiger partial charge in [-0.25, -0.2) is 0 Å². The van der Waals surface area contributed by atoms with E-state index in [4.69, 9.17) is 25.8 Å². The van der Waals surface area contributed by atoms with Crippen LogP contribution in [0.4, 0.5) is 5.69 Å². The molecule has 0 aromatic heterocycles. The molecule has 10 heteroatoms. The van der Waals surface area contributed by atoms with Gasteiger partial charge in [-0.3, -0.25) is 24.1 Å². The second-order valence-electron chi connectivity index (χ2n) is 7.03. The molecule has 0 radical (unpaired) electrons. The van der Waals surface area contributed by atoms with Crippen molar-refractivity contribution in [1.82, 2.24) is 4.90 Å². The molecule has 2 aromatic rings. The van der Waals surface area contributed by atoms with Crippen molar-refractivity contribution >= 4 is 41.0 Å². The Morgan fingerprint density at radius 2 is 1.85 bits per heavy atom. The maximum absolute atomic E-state index is 13.4. The topological polar surface area (TPSA) is 111 Å². The first-order valence-corrected chi connectivity index (χ1v) is 10.6. The minimum absolute atomic E-state index is 0.0365. The van der Waals surface area contributed by atoms with E-state index in [0.29, 0.717) is 23.7 Å². The van der Waals surface area contributed by atoms with E-state index in [1.54, 1.807) is 31.2 Å². The lowest BCUT2D eigenvalue weighted by atomic mass is 10.0. The summed E-state index contributed by atoms with van der Waals surface area (Å²) in [6, 6.07) is 8.47. The van der Waals surface area contributed by atoms with E-state index in [9.17, 15) is 19.2 Å². The fraction of sp³-hybridized carbons (Fsp3) is 0.304. The summed E-state index contributed by atoms with van der Waals surface area (Å²) in [6.07, 6.45) is -0.275. The van der Waals surface area contributed by atoms with Crippen LogP contribution in [0.15, 0.2) is 36.4 Å². The van der Waals surface area contributed by atoms with Crippen molar-refractivity contribution in [2.45, 2.75) is 19.4 Å². The molecule has 0 saturated carbocycles. The SMILES string of the molecule is CCOc1cc(C(CC(=O)OC)N2C(=O)c3cccc(NC(=O)CCl)c3C2=O)ccc1OC. The smallest absolute Gasteiger partial charge is 0.307 e. The van der Waals surface area contributed by atoms with Crippen molar-refractivity contribution in [3.05, 3.63) is 53.1 Å². The second kappa shape index (κ2) is 10.4. The number of nitrogens with zero attached hydrogens (tertiary/aromatic N) is 1. The number of anilines is 1. The molecule has 33 heavy (non-hydrogen) atoms. The van der Waals surface area contributed by atoms with Gasteiger partial charge in [0.05, 0.1) is 50.1 Å². The number of halogens is 1. The third kappa shape index (κ3) is 4.78. The van der Waals surface area contributed by atoms with Crippen LogP contribution in [0.5, 0.6) is 11.5 Å². The highest BCUT2D eigenvalue weighted by molar-refractivity contribution is 6.30. The molecule has 0 fully saturated rings. The van der Waals surface area contributed by atoms with Crippen LogP contribution >= 0.6 is 11.6 Å². The van der Waals surface area contributed by atoms with Crippen molar-refractivity contribution in [2.24, 2.45) is 0 Å². The van der Waals surface area contributed by atoms with Crippen LogP contribution in [0.25, 0.3) is 0 Å². The number of imide groups is 1. The summed E-state index contributed by atoms with van der Waals surface area (Å²) >= 11 is 5.57. The number of hydrogen-bond acceptors (Lipinski definition) is 7. The van der Waals surface area contributed by atoms with E-state index >= 15 is 0 Å². The number of hydrogen-bond donors (Lipinski definition) is 1. The summed E-state index contributed by atoms with van der Waals surface area (Å²) in [7, 11) is 2.71. The number of carbonyl (C=O) groups is 4. The van der Waals surface area contributed by atoms with E-state index in [0.717, 1.165) is 4.90 Å². The van der Waals surface area contributed by atoms with Crippen molar-refractivity contribution in [3.63, 3.8) is 0 Å². The Bertz CT molecular complexity index is 1100. The second-order valence-corrected chi connectivity index (χ2v) is 7.30. The van der Waals surface area contributed by atoms with E-state index in [1.807, 2.05) is 0 Å². The van der Waals surface area contributed by atoms with Gasteiger partial charge < -0.3 is 19.5 Å². The zero-order valence-corrected chi connectivity index (χ0v) is 19.1. The van der Waals surface area contributed by atoms with Crippen LogP contribution in [0.2, 0.25) is 0 Å². The fourth-order valence-corrected chi connectivity index (χ4v) is 3.71. The predicted octanol–water partition coefficient (Wildman–Crippen LogP) is 3.17. The molecule has 1 atom stereocenters. The van der Waals surface area contributed by atoms with Gasteiger partial charge in [-0.15, -0.1) is 11.6 Å². The number of benzene rings is 2. The number of fused-ring (bicyclic) bond motifs is 1. The van der Waals surface area contributed by atoms with Crippen LogP contribution in [-0.2, 0) is 14.3 Å². The molecule has 3 rings (SSSR count). The van der Waals surface area contributed by atoms with Gasteiger partial charge in [0.2, 0.25) is 5.91 Å². The Hall–Kier alpha value is -3.59. The number of methoxy groups -OCH3 is 2. The van der Waals surface area contributed by atoms with E-state index in [2.05, 4.69) is 5.32 Å². The van der Waals surface area contributed by atoms with Crippen LogP contribution in [-0.4, -0.2) is 55.3 Å². The van der Waals surface area contributed by atoms with Gasteiger partial charge >= 0.3 is 5.97 Å². The van der Waals surface area contributed by atoms with Crippen molar-refractivity contribution < 1.29 is 33.4 Å². The van der Waals surface area contributed by atoms with E-state index in [-0.39, 0.29) is 29.1 Å². The lowest BCUT2D eigenvalue weighted by Gasteiger charge is -2.26. The van der Waals surface area contributed by atoms with Gasteiger partial charge in [0.25, 0.3) is 11.8 Å². The van der Waals surface area contributed by atoms with Crippen LogP contribution in [0.1, 0.15) is 45.7 Å². The molecule has 0 spiro atoms. The molecule has 1 unspecified atom stereocenters. The Balaban J connectivity index is 2.08. The highest BCUT2D eigenvalue weighted by atomic mass is 35.5. The molecule has 0 aliphatic carbocycles. The van der Waals surface area contributed by atoms with Gasteiger partial charge in [-0.05, 0) is 36.8 Å². The van der Waals surface area contributed by atoms with Gasteiger partial charge in [0, 0.05) is 0 Å². The third-order valence-electron chi connectivity index (χ3n) is 5.11. The summed E-state index contributed by atoms with van der Waals surface area (Å²) in [5.74, 6) is -1.83. The Labute approximate surface area is 195 Å². The lowest BCUT2D eigenvalue weighted by Crippen LogP contribution is -2.35. The molecule has 1 aliphatic rings. The molecule has 174 valence electrons. The summed E-state index contributed by atoms with van der Waals surface area (Å²) in [6.45, 7) is 2.16. The molecule has 1 heterocycles. The van der Waals surface area contributed by atoms with Gasteiger partial charge in [0.15, 0.2) is 11.5 Å². The monoisotopic (exact) mass is 474 g/mol. The third-order valence-corrected chi connectivity index (χ3v) is 5.36. The molecular formula is C23H23ClN2O7. The van der Waals surface area contributed by atoms with Crippen LogP contribution in [0, 0.1) is 0 Å². The lowest BCUT2D eigenvalue weighted by molar-refractivity contribution is -0.141. The number of alkyl halides is 1. The maximum Gasteiger partial charge on any atom is 0.307 e. The molecule has 1 N–H and O–H groups in total. The first-order valence-electron chi connectivity index (χ1n) is 10.1. The molecule has 2 aromatic carbocycles. The molecule has 3 amide bonds. The zero-order chi connectivity index (χ0) is 24.1. The largest absolute Gasteiger partial charge is 0.493 e. The summed E-state index contributed by atoms with van der Waals surface area (Å²) in [4.78, 5) is 51.8. The average molecular weight is 475 g/mol. The average Bonchev–Trinajstić information content (AvgIpc) is 3.08. The van der Waals surface area contributed by atoms with Crippen molar-refractivity contribution in [1.29, 1.82) is 0 Å². The fourth-order valence-electron chi connectivity index (χ4n) is 3.64. The minimum Gasteiger partial charge on any atom is -0.493 e. The summed E-state index contributed by atoms with van der Waals surface area (Å²) in [5, 5.41) is 2.54. The Morgan fingerprint density at radius 3 is 2.48 bits per heavy atom. The van der Waals surface area contributed by atoms with E-state index < -0.39 is 29.7 Å². The maximum atomic E-state index is 13.4.